The van der Waals surface area contributed by atoms with Crippen LogP contribution in [0.25, 0.3) is 0 Å². The van der Waals surface area contributed by atoms with Gasteiger partial charge in [0.1, 0.15) is 0 Å². The Morgan fingerprint density at radius 2 is 2.10 bits per heavy atom. The summed E-state index contributed by atoms with van der Waals surface area (Å²) in [7, 11) is -3.81. The molecule has 0 spiro atoms. The SMILES string of the molecule is O=[N+]([O-])c1ccccc1S(=O)(=O)N1CC[C@H]2CN[C@H]2C1. The topological polar surface area (TPSA) is 92.5 Å². The summed E-state index contributed by atoms with van der Waals surface area (Å²) < 4.78 is 26.5. The van der Waals surface area contributed by atoms with Gasteiger partial charge in [0.05, 0.1) is 4.92 Å². The molecular weight excluding hydrogens is 282 g/mol. The Morgan fingerprint density at radius 1 is 1.35 bits per heavy atom. The van der Waals surface area contributed by atoms with Gasteiger partial charge in [-0.15, -0.1) is 0 Å². The van der Waals surface area contributed by atoms with Gasteiger partial charge in [0.15, 0.2) is 4.90 Å². The second kappa shape index (κ2) is 4.80. The van der Waals surface area contributed by atoms with Crippen molar-refractivity contribution in [3.8, 4) is 0 Å². The zero-order chi connectivity index (χ0) is 14.3. The van der Waals surface area contributed by atoms with E-state index in [0.29, 0.717) is 19.0 Å². The van der Waals surface area contributed by atoms with E-state index in [1.807, 2.05) is 0 Å². The number of fused-ring (bicyclic) bond motifs is 1. The van der Waals surface area contributed by atoms with Crippen LogP contribution < -0.4 is 5.32 Å². The van der Waals surface area contributed by atoms with E-state index < -0.39 is 14.9 Å². The Morgan fingerprint density at radius 3 is 2.70 bits per heavy atom. The Kier molecular flexibility index (Phi) is 3.23. The van der Waals surface area contributed by atoms with Crippen molar-refractivity contribution < 1.29 is 13.3 Å². The maximum atomic E-state index is 12.6. The van der Waals surface area contributed by atoms with Crippen LogP contribution in [0.3, 0.4) is 0 Å². The zero-order valence-corrected chi connectivity index (χ0v) is 11.5. The quantitative estimate of drug-likeness (QED) is 0.650. The Hall–Kier alpha value is -1.51. The molecule has 0 amide bonds. The van der Waals surface area contributed by atoms with Crippen molar-refractivity contribution in [3.63, 3.8) is 0 Å². The van der Waals surface area contributed by atoms with E-state index in [1.54, 1.807) is 0 Å². The molecule has 0 saturated carbocycles. The Bertz CT molecular complexity index is 646. The summed E-state index contributed by atoms with van der Waals surface area (Å²) in [4.78, 5) is 10.1. The number of rotatable bonds is 3. The van der Waals surface area contributed by atoms with Gasteiger partial charge in [-0.3, -0.25) is 10.1 Å². The third-order valence-electron chi connectivity index (χ3n) is 4.04. The zero-order valence-electron chi connectivity index (χ0n) is 10.7. The number of hydrogen-bond donors (Lipinski definition) is 1. The molecule has 2 fully saturated rings. The predicted molar refractivity (Wildman–Crippen MR) is 71.8 cm³/mol. The lowest BCUT2D eigenvalue weighted by Gasteiger charge is -2.45. The highest BCUT2D eigenvalue weighted by molar-refractivity contribution is 7.89. The van der Waals surface area contributed by atoms with Crippen molar-refractivity contribution in [2.24, 2.45) is 5.92 Å². The van der Waals surface area contributed by atoms with E-state index in [0.717, 1.165) is 13.0 Å². The molecule has 1 aromatic rings. The molecule has 20 heavy (non-hydrogen) atoms. The highest BCUT2D eigenvalue weighted by Crippen LogP contribution is 2.31. The van der Waals surface area contributed by atoms with Crippen molar-refractivity contribution in [2.45, 2.75) is 17.4 Å². The van der Waals surface area contributed by atoms with Crippen LogP contribution in [0.5, 0.6) is 0 Å². The van der Waals surface area contributed by atoms with Crippen LogP contribution in [0.15, 0.2) is 29.2 Å². The van der Waals surface area contributed by atoms with E-state index in [-0.39, 0.29) is 16.6 Å². The number of nitrogens with one attached hydrogen (secondary N) is 1. The number of nitro benzene ring substituents is 1. The Labute approximate surface area is 116 Å². The maximum absolute atomic E-state index is 12.6. The van der Waals surface area contributed by atoms with Gasteiger partial charge in [-0.2, -0.15) is 4.31 Å². The summed E-state index contributed by atoms with van der Waals surface area (Å²) in [6.07, 6.45) is 0.803. The molecule has 0 aromatic heterocycles. The number of benzene rings is 1. The van der Waals surface area contributed by atoms with Crippen molar-refractivity contribution >= 4 is 15.7 Å². The van der Waals surface area contributed by atoms with E-state index >= 15 is 0 Å². The Balaban J connectivity index is 1.94. The molecule has 1 aromatic carbocycles. The lowest BCUT2D eigenvalue weighted by Crippen LogP contribution is -2.62. The van der Waals surface area contributed by atoms with Crippen LogP contribution in [0.1, 0.15) is 6.42 Å². The van der Waals surface area contributed by atoms with Crippen LogP contribution in [-0.2, 0) is 10.0 Å². The molecule has 0 unspecified atom stereocenters. The predicted octanol–water partition coefficient (Wildman–Crippen LogP) is 0.577. The molecule has 7 nitrogen and oxygen atoms in total. The summed E-state index contributed by atoms with van der Waals surface area (Å²) in [5.41, 5.74) is -0.365. The van der Waals surface area contributed by atoms with Crippen LogP contribution in [-0.4, -0.2) is 43.3 Å². The van der Waals surface area contributed by atoms with Crippen molar-refractivity contribution in [1.82, 2.24) is 9.62 Å². The molecular formula is C12H15N3O4S. The molecule has 0 bridgehead atoms. The molecule has 2 aliphatic rings. The van der Waals surface area contributed by atoms with Gasteiger partial charge in [-0.1, -0.05) is 12.1 Å². The fourth-order valence-electron chi connectivity index (χ4n) is 2.77. The van der Waals surface area contributed by atoms with Gasteiger partial charge in [0, 0.05) is 25.2 Å². The van der Waals surface area contributed by atoms with Crippen molar-refractivity contribution in [1.29, 1.82) is 0 Å². The molecule has 108 valence electrons. The van der Waals surface area contributed by atoms with Crippen molar-refractivity contribution in [3.05, 3.63) is 34.4 Å². The summed E-state index contributed by atoms with van der Waals surface area (Å²) in [6, 6.07) is 5.68. The third-order valence-corrected chi connectivity index (χ3v) is 5.95. The molecule has 8 heteroatoms. The van der Waals surface area contributed by atoms with Crippen LogP contribution >= 0.6 is 0 Å². The van der Waals surface area contributed by atoms with Gasteiger partial charge in [0.2, 0.25) is 10.0 Å². The second-order valence-electron chi connectivity index (χ2n) is 5.15. The first-order chi connectivity index (χ1) is 9.50. The monoisotopic (exact) mass is 297 g/mol. The fourth-order valence-corrected chi connectivity index (χ4v) is 4.41. The smallest absolute Gasteiger partial charge is 0.289 e. The molecule has 0 aliphatic carbocycles. The first kappa shape index (κ1) is 13.5. The molecule has 2 atom stereocenters. The minimum Gasteiger partial charge on any atom is -0.312 e. The van der Waals surface area contributed by atoms with E-state index in [1.165, 1.54) is 28.6 Å². The number of para-hydroxylation sites is 1. The normalized spacial score (nSPS) is 26.6. The number of nitrogens with zero attached hydrogens (tertiary/aromatic N) is 2. The number of piperidine rings is 1. The van der Waals surface area contributed by atoms with Gasteiger partial charge in [0.25, 0.3) is 5.69 Å². The molecule has 3 rings (SSSR count). The third kappa shape index (κ3) is 2.09. The fraction of sp³-hybridized carbons (Fsp3) is 0.500. The summed E-state index contributed by atoms with van der Waals surface area (Å²) in [6.45, 7) is 1.75. The maximum Gasteiger partial charge on any atom is 0.289 e. The van der Waals surface area contributed by atoms with Gasteiger partial charge in [-0.25, -0.2) is 8.42 Å². The highest BCUT2D eigenvalue weighted by Gasteiger charge is 2.41. The van der Waals surface area contributed by atoms with Crippen molar-refractivity contribution in [2.75, 3.05) is 19.6 Å². The summed E-state index contributed by atoms with van der Waals surface area (Å²) in [5, 5.41) is 14.2. The average molecular weight is 297 g/mol. The lowest BCUT2D eigenvalue weighted by molar-refractivity contribution is -0.387. The largest absolute Gasteiger partial charge is 0.312 e. The first-order valence-corrected chi connectivity index (χ1v) is 7.91. The van der Waals surface area contributed by atoms with E-state index in [9.17, 15) is 18.5 Å². The van der Waals surface area contributed by atoms with E-state index in [4.69, 9.17) is 0 Å². The van der Waals surface area contributed by atoms with E-state index in [2.05, 4.69) is 5.32 Å². The van der Waals surface area contributed by atoms with Gasteiger partial charge in [-0.05, 0) is 24.9 Å². The number of nitro groups is 1. The summed E-state index contributed by atoms with van der Waals surface area (Å²) in [5.74, 6) is 0.534. The average Bonchev–Trinajstić information content (AvgIpc) is 2.40. The van der Waals surface area contributed by atoms with Crippen LogP contribution in [0.4, 0.5) is 5.69 Å². The standard InChI is InChI=1S/C12H15N3O4S/c16-15(17)11-3-1-2-4-12(11)20(18,19)14-6-5-9-7-13-10(9)8-14/h1-4,9-10,13H,5-8H2/t9-,10-/m0/s1. The molecule has 1 N–H and O–H groups in total. The molecule has 2 saturated heterocycles. The van der Waals surface area contributed by atoms with Crippen LogP contribution in [0, 0.1) is 16.0 Å². The first-order valence-electron chi connectivity index (χ1n) is 6.47. The number of sulfonamides is 1. The van der Waals surface area contributed by atoms with Gasteiger partial charge >= 0.3 is 0 Å². The second-order valence-corrected chi connectivity index (χ2v) is 7.06. The number of hydrogen-bond acceptors (Lipinski definition) is 5. The molecule has 2 heterocycles. The van der Waals surface area contributed by atoms with Gasteiger partial charge < -0.3 is 5.32 Å². The summed E-state index contributed by atoms with van der Waals surface area (Å²) >= 11 is 0. The minimum absolute atomic E-state index is 0.182. The highest BCUT2D eigenvalue weighted by atomic mass is 32.2. The minimum atomic E-state index is -3.81. The van der Waals surface area contributed by atoms with Crippen LogP contribution in [0.2, 0.25) is 0 Å². The molecule has 0 radical (unpaired) electrons. The molecule has 2 aliphatic heterocycles. The lowest BCUT2D eigenvalue weighted by atomic mass is 9.86.